The highest BCUT2D eigenvalue weighted by Gasteiger charge is 2.38. The molecule has 7 heteroatoms. The summed E-state index contributed by atoms with van der Waals surface area (Å²) in [6.07, 6.45) is -8.51. The Hall–Kier alpha value is -1.66. The third-order valence-electron chi connectivity index (χ3n) is 2.07. The molecule has 0 aliphatic carbocycles. The van der Waals surface area contributed by atoms with Gasteiger partial charge in [0, 0.05) is 11.1 Å². The Bertz CT molecular complexity index is 451. The summed E-state index contributed by atoms with van der Waals surface area (Å²) in [5, 5.41) is 9.02. The molecule has 0 fully saturated rings. The van der Waals surface area contributed by atoms with Crippen LogP contribution in [0, 0.1) is 0 Å². The Morgan fingerprint density at radius 2 is 1.82 bits per heavy atom. The number of aromatic hydroxyl groups is 1. The van der Waals surface area contributed by atoms with Crippen molar-refractivity contribution >= 4 is 5.78 Å². The van der Waals surface area contributed by atoms with Crippen molar-refractivity contribution in [3.05, 3.63) is 28.8 Å². The SMILES string of the molecule is CC(=O)c1cc(O)cc(C(F)(F)F)c1C(F)F. The Morgan fingerprint density at radius 3 is 2.18 bits per heavy atom. The topological polar surface area (TPSA) is 37.3 Å². The zero-order chi connectivity index (χ0) is 13.4. The third kappa shape index (κ3) is 2.72. The number of alkyl halides is 5. The van der Waals surface area contributed by atoms with E-state index in [2.05, 4.69) is 0 Å². The van der Waals surface area contributed by atoms with Crippen LogP contribution in [-0.2, 0) is 6.18 Å². The van der Waals surface area contributed by atoms with Gasteiger partial charge >= 0.3 is 6.18 Å². The summed E-state index contributed by atoms with van der Waals surface area (Å²) in [7, 11) is 0. The molecule has 1 aromatic rings. The monoisotopic (exact) mass is 254 g/mol. The van der Waals surface area contributed by atoms with E-state index in [1.54, 1.807) is 0 Å². The lowest BCUT2D eigenvalue weighted by Gasteiger charge is -2.15. The molecule has 0 radical (unpaired) electrons. The van der Waals surface area contributed by atoms with Crippen molar-refractivity contribution in [3.8, 4) is 5.75 Å². The number of Topliss-reactive ketones (excluding diaryl/α,β-unsaturated/α-hetero) is 1. The van der Waals surface area contributed by atoms with E-state index in [1.165, 1.54) is 0 Å². The Morgan fingerprint density at radius 1 is 1.29 bits per heavy atom. The molecule has 0 atom stereocenters. The lowest BCUT2D eigenvalue weighted by molar-refractivity contribution is -0.139. The largest absolute Gasteiger partial charge is 0.508 e. The van der Waals surface area contributed by atoms with E-state index in [-0.39, 0.29) is 6.07 Å². The lowest BCUT2D eigenvalue weighted by Crippen LogP contribution is -2.13. The molecule has 94 valence electrons. The van der Waals surface area contributed by atoms with Gasteiger partial charge in [-0.05, 0) is 19.1 Å². The van der Waals surface area contributed by atoms with Crippen molar-refractivity contribution in [2.45, 2.75) is 19.5 Å². The summed E-state index contributed by atoms with van der Waals surface area (Å²) in [5.41, 5.74) is -3.92. The van der Waals surface area contributed by atoms with E-state index in [0.717, 1.165) is 6.92 Å². The fourth-order valence-corrected chi connectivity index (χ4v) is 1.40. The van der Waals surface area contributed by atoms with E-state index in [9.17, 15) is 26.7 Å². The highest BCUT2D eigenvalue weighted by molar-refractivity contribution is 5.96. The molecular formula is C10H7F5O2. The number of ketones is 1. The van der Waals surface area contributed by atoms with Gasteiger partial charge < -0.3 is 5.11 Å². The smallest absolute Gasteiger partial charge is 0.417 e. The van der Waals surface area contributed by atoms with Crippen LogP contribution in [0.4, 0.5) is 22.0 Å². The number of halogens is 5. The number of phenolic OH excluding ortho intramolecular Hbond substituents is 1. The van der Waals surface area contributed by atoms with Gasteiger partial charge in [0.2, 0.25) is 0 Å². The zero-order valence-corrected chi connectivity index (χ0v) is 8.48. The second kappa shape index (κ2) is 4.31. The van der Waals surface area contributed by atoms with Gasteiger partial charge in [0.25, 0.3) is 6.43 Å². The molecule has 17 heavy (non-hydrogen) atoms. The van der Waals surface area contributed by atoms with Crippen LogP contribution in [0.5, 0.6) is 5.75 Å². The van der Waals surface area contributed by atoms with Gasteiger partial charge in [0.05, 0.1) is 5.56 Å². The van der Waals surface area contributed by atoms with Crippen LogP contribution in [-0.4, -0.2) is 10.9 Å². The fraction of sp³-hybridized carbons (Fsp3) is 0.300. The van der Waals surface area contributed by atoms with E-state index in [4.69, 9.17) is 5.11 Å². The van der Waals surface area contributed by atoms with E-state index in [1.807, 2.05) is 0 Å². The van der Waals surface area contributed by atoms with Gasteiger partial charge in [-0.1, -0.05) is 0 Å². The molecule has 0 saturated carbocycles. The standard InChI is InChI=1S/C10H7F5O2/c1-4(16)6-2-5(17)3-7(10(13,14)15)8(6)9(11)12/h2-3,9,17H,1H3. The second-order valence-corrected chi connectivity index (χ2v) is 3.31. The third-order valence-corrected chi connectivity index (χ3v) is 2.07. The highest BCUT2D eigenvalue weighted by atomic mass is 19.4. The van der Waals surface area contributed by atoms with Gasteiger partial charge in [0.1, 0.15) is 5.75 Å². The summed E-state index contributed by atoms with van der Waals surface area (Å²) >= 11 is 0. The van der Waals surface area contributed by atoms with Crippen molar-refractivity contribution in [3.63, 3.8) is 0 Å². The molecule has 0 saturated heterocycles. The van der Waals surface area contributed by atoms with Crippen molar-refractivity contribution in [2.75, 3.05) is 0 Å². The summed E-state index contributed by atoms with van der Waals surface area (Å²) < 4.78 is 62.6. The number of hydrogen-bond acceptors (Lipinski definition) is 2. The second-order valence-electron chi connectivity index (χ2n) is 3.31. The first-order valence-corrected chi connectivity index (χ1v) is 4.37. The quantitative estimate of drug-likeness (QED) is 0.647. The van der Waals surface area contributed by atoms with Crippen LogP contribution < -0.4 is 0 Å². The normalized spacial score (nSPS) is 11.9. The summed E-state index contributed by atoms with van der Waals surface area (Å²) in [6, 6.07) is 0.771. The molecule has 0 unspecified atom stereocenters. The Balaban J connectivity index is 3.64. The van der Waals surface area contributed by atoms with E-state index < -0.39 is 40.8 Å². The first-order valence-electron chi connectivity index (χ1n) is 4.37. The van der Waals surface area contributed by atoms with Gasteiger partial charge in [-0.3, -0.25) is 4.79 Å². The summed E-state index contributed by atoms with van der Waals surface area (Å²) in [6.45, 7) is 0.848. The minimum Gasteiger partial charge on any atom is -0.508 e. The maximum Gasteiger partial charge on any atom is 0.417 e. The van der Waals surface area contributed by atoms with Crippen LogP contribution in [0.2, 0.25) is 0 Å². The molecule has 0 aliphatic rings. The van der Waals surface area contributed by atoms with Crippen molar-refractivity contribution < 1.29 is 31.9 Å². The maximum absolute atomic E-state index is 12.6. The summed E-state index contributed by atoms with van der Waals surface area (Å²) in [4.78, 5) is 11.0. The van der Waals surface area contributed by atoms with Crippen molar-refractivity contribution in [2.24, 2.45) is 0 Å². The van der Waals surface area contributed by atoms with Gasteiger partial charge in [-0.25, -0.2) is 8.78 Å². The molecular weight excluding hydrogens is 247 g/mol. The van der Waals surface area contributed by atoms with Crippen LogP contribution in [0.25, 0.3) is 0 Å². The molecule has 2 nitrogen and oxygen atoms in total. The highest BCUT2D eigenvalue weighted by Crippen LogP contribution is 2.40. The predicted octanol–water partition coefficient (Wildman–Crippen LogP) is 3.55. The number of hydrogen-bond donors (Lipinski definition) is 1. The molecule has 1 rings (SSSR count). The average Bonchev–Trinajstić information content (AvgIpc) is 2.14. The minimum absolute atomic E-state index is 0.175. The molecule has 0 amide bonds. The van der Waals surface area contributed by atoms with Crippen LogP contribution in [0.1, 0.15) is 34.8 Å². The number of carbonyl (C=O) groups excluding carboxylic acids is 1. The van der Waals surface area contributed by atoms with Gasteiger partial charge in [0.15, 0.2) is 5.78 Å². The number of carbonyl (C=O) groups is 1. The Labute approximate surface area is 92.7 Å². The first-order chi connectivity index (χ1) is 7.64. The molecule has 0 aromatic heterocycles. The van der Waals surface area contributed by atoms with Crippen LogP contribution in [0.3, 0.4) is 0 Å². The minimum atomic E-state index is -5.06. The maximum atomic E-state index is 12.6. The van der Waals surface area contributed by atoms with Crippen LogP contribution in [0.15, 0.2) is 12.1 Å². The molecule has 0 bridgehead atoms. The first kappa shape index (κ1) is 13.4. The molecule has 0 aliphatic heterocycles. The molecule has 1 aromatic carbocycles. The van der Waals surface area contributed by atoms with Crippen molar-refractivity contribution in [1.82, 2.24) is 0 Å². The molecule has 0 spiro atoms. The van der Waals surface area contributed by atoms with E-state index in [0.29, 0.717) is 6.07 Å². The molecule has 1 N–H and O–H groups in total. The number of phenols is 1. The number of benzene rings is 1. The molecule has 0 heterocycles. The summed E-state index contributed by atoms with van der Waals surface area (Å²) in [5.74, 6) is -1.85. The fourth-order valence-electron chi connectivity index (χ4n) is 1.40. The zero-order valence-electron chi connectivity index (χ0n) is 8.48. The lowest BCUT2D eigenvalue weighted by atomic mass is 9.98. The average molecular weight is 254 g/mol. The van der Waals surface area contributed by atoms with Gasteiger partial charge in [-0.15, -0.1) is 0 Å². The predicted molar refractivity (Wildman–Crippen MR) is 48.1 cm³/mol. The van der Waals surface area contributed by atoms with E-state index >= 15 is 0 Å². The van der Waals surface area contributed by atoms with Crippen LogP contribution >= 0.6 is 0 Å². The van der Waals surface area contributed by atoms with Gasteiger partial charge in [-0.2, -0.15) is 13.2 Å². The number of rotatable bonds is 2. The van der Waals surface area contributed by atoms with Crippen molar-refractivity contribution in [1.29, 1.82) is 0 Å². The Kier molecular flexibility index (Phi) is 3.40.